The van der Waals surface area contributed by atoms with Crippen LogP contribution in [0, 0.1) is 6.92 Å². The molecule has 1 aliphatic carbocycles. The summed E-state index contributed by atoms with van der Waals surface area (Å²) in [6.07, 6.45) is 5.70. The molecule has 0 radical (unpaired) electrons. The molecule has 0 amide bonds. The Morgan fingerprint density at radius 3 is 3.00 bits per heavy atom. The monoisotopic (exact) mass is 281 g/mol. The Morgan fingerprint density at radius 1 is 1.24 bits per heavy atom. The first-order valence-corrected chi connectivity index (χ1v) is 6.98. The third-order valence-electron chi connectivity index (χ3n) is 3.48. The van der Waals surface area contributed by atoms with Crippen molar-refractivity contribution in [1.29, 1.82) is 0 Å². The van der Waals surface area contributed by atoms with Gasteiger partial charge in [-0.2, -0.15) is 4.98 Å². The maximum atomic E-state index is 5.30. The van der Waals surface area contributed by atoms with Crippen molar-refractivity contribution in [2.24, 2.45) is 0 Å². The molecule has 2 heterocycles. The molecule has 4 rings (SSSR count). The van der Waals surface area contributed by atoms with Gasteiger partial charge in [0.05, 0.1) is 0 Å². The molecular weight excluding hydrogens is 266 g/mol. The van der Waals surface area contributed by atoms with E-state index in [4.69, 9.17) is 4.42 Å². The second-order valence-corrected chi connectivity index (χ2v) is 5.30. The van der Waals surface area contributed by atoms with Gasteiger partial charge < -0.3 is 15.1 Å². The van der Waals surface area contributed by atoms with E-state index in [-0.39, 0.29) is 0 Å². The van der Waals surface area contributed by atoms with Crippen molar-refractivity contribution >= 4 is 28.6 Å². The number of hydrogen-bond acceptors (Lipinski definition) is 6. The molecule has 2 N–H and O–H groups in total. The number of rotatable bonds is 4. The second kappa shape index (κ2) is 4.73. The van der Waals surface area contributed by atoms with Crippen LogP contribution in [0.5, 0.6) is 0 Å². The molecular formula is C15H15N5O. The van der Waals surface area contributed by atoms with Gasteiger partial charge in [-0.3, -0.25) is 0 Å². The predicted octanol–water partition coefficient (Wildman–Crippen LogP) is 3.24. The van der Waals surface area contributed by atoms with Crippen molar-refractivity contribution in [3.8, 4) is 0 Å². The van der Waals surface area contributed by atoms with Gasteiger partial charge in [0.25, 0.3) is 0 Å². The van der Waals surface area contributed by atoms with Gasteiger partial charge in [-0.1, -0.05) is 0 Å². The van der Waals surface area contributed by atoms with E-state index >= 15 is 0 Å². The zero-order valence-electron chi connectivity index (χ0n) is 11.6. The minimum atomic E-state index is 0.567. The second-order valence-electron chi connectivity index (χ2n) is 5.30. The van der Waals surface area contributed by atoms with Crippen molar-refractivity contribution in [1.82, 2.24) is 15.0 Å². The van der Waals surface area contributed by atoms with E-state index in [9.17, 15) is 0 Å². The van der Waals surface area contributed by atoms with Crippen molar-refractivity contribution in [2.45, 2.75) is 25.8 Å². The number of anilines is 3. The molecule has 1 saturated carbocycles. The zero-order chi connectivity index (χ0) is 14.2. The van der Waals surface area contributed by atoms with Crippen LogP contribution >= 0.6 is 0 Å². The lowest BCUT2D eigenvalue weighted by atomic mass is 10.3. The largest absolute Gasteiger partial charge is 0.443 e. The Hall–Kier alpha value is -2.63. The highest BCUT2D eigenvalue weighted by molar-refractivity contribution is 5.77. The van der Waals surface area contributed by atoms with Gasteiger partial charge in [-0.05, 0) is 31.9 Å². The average molecular weight is 281 g/mol. The van der Waals surface area contributed by atoms with Gasteiger partial charge in [-0.25, -0.2) is 9.97 Å². The van der Waals surface area contributed by atoms with Gasteiger partial charge in [0.15, 0.2) is 12.0 Å². The van der Waals surface area contributed by atoms with Gasteiger partial charge >= 0.3 is 0 Å². The van der Waals surface area contributed by atoms with E-state index in [1.807, 2.05) is 31.3 Å². The van der Waals surface area contributed by atoms with E-state index in [2.05, 4.69) is 25.6 Å². The Morgan fingerprint density at radius 2 is 2.14 bits per heavy atom. The van der Waals surface area contributed by atoms with Gasteiger partial charge in [0.1, 0.15) is 11.3 Å². The summed E-state index contributed by atoms with van der Waals surface area (Å²) in [6, 6.07) is 6.29. The van der Waals surface area contributed by atoms with Crippen LogP contribution in [0.15, 0.2) is 35.2 Å². The van der Waals surface area contributed by atoms with Crippen molar-refractivity contribution in [3.63, 3.8) is 0 Å². The van der Waals surface area contributed by atoms with E-state index in [1.165, 1.54) is 19.2 Å². The number of nitrogens with one attached hydrogen (secondary N) is 2. The number of aryl methyl sites for hydroxylation is 1. The minimum absolute atomic E-state index is 0.567. The van der Waals surface area contributed by atoms with Crippen LogP contribution in [0.25, 0.3) is 11.1 Å². The number of hydrogen-bond donors (Lipinski definition) is 2. The summed E-state index contributed by atoms with van der Waals surface area (Å²) >= 11 is 0. The molecule has 0 unspecified atom stereocenters. The first-order chi connectivity index (χ1) is 10.3. The van der Waals surface area contributed by atoms with Crippen LogP contribution in [0.1, 0.15) is 18.4 Å². The molecule has 0 spiro atoms. The summed E-state index contributed by atoms with van der Waals surface area (Å²) in [7, 11) is 0. The summed E-state index contributed by atoms with van der Waals surface area (Å²) in [5.74, 6) is 1.47. The first-order valence-electron chi connectivity index (χ1n) is 6.98. The first kappa shape index (κ1) is 12.1. The SMILES string of the molecule is Cc1cnc(Nc2ccc3ncoc3c2)nc1NC1CC1. The van der Waals surface area contributed by atoms with Crippen LogP contribution in [0.2, 0.25) is 0 Å². The molecule has 6 heteroatoms. The highest BCUT2D eigenvalue weighted by Crippen LogP contribution is 2.26. The molecule has 1 aliphatic rings. The molecule has 0 atom stereocenters. The summed E-state index contributed by atoms with van der Waals surface area (Å²) in [5, 5.41) is 6.61. The Balaban J connectivity index is 1.60. The number of fused-ring (bicyclic) bond motifs is 1. The fourth-order valence-corrected chi connectivity index (χ4v) is 2.13. The molecule has 0 saturated heterocycles. The number of benzene rings is 1. The maximum absolute atomic E-state index is 5.30. The third-order valence-corrected chi connectivity index (χ3v) is 3.48. The molecule has 6 nitrogen and oxygen atoms in total. The summed E-state index contributed by atoms with van der Waals surface area (Å²) in [4.78, 5) is 13.0. The molecule has 0 aliphatic heterocycles. The van der Waals surface area contributed by atoms with Crippen molar-refractivity contribution in [2.75, 3.05) is 10.6 Å². The van der Waals surface area contributed by atoms with E-state index in [1.54, 1.807) is 0 Å². The van der Waals surface area contributed by atoms with Gasteiger partial charge in [0, 0.05) is 29.6 Å². The van der Waals surface area contributed by atoms with E-state index in [0.717, 1.165) is 28.2 Å². The summed E-state index contributed by atoms with van der Waals surface area (Å²) < 4.78 is 5.30. The predicted molar refractivity (Wildman–Crippen MR) is 80.7 cm³/mol. The topological polar surface area (TPSA) is 75.9 Å². The average Bonchev–Trinajstić information content (AvgIpc) is 3.17. The fraction of sp³-hybridized carbons (Fsp3) is 0.267. The number of aromatic nitrogens is 3. The molecule has 2 aromatic heterocycles. The summed E-state index contributed by atoms with van der Waals surface area (Å²) in [5.41, 5.74) is 3.50. The van der Waals surface area contributed by atoms with Crippen LogP contribution in [-0.4, -0.2) is 21.0 Å². The lowest BCUT2D eigenvalue weighted by Gasteiger charge is -2.10. The highest BCUT2D eigenvalue weighted by Gasteiger charge is 2.22. The standard InChI is InChI=1S/C15H15N5O/c1-9-7-16-15(20-14(9)18-10-2-3-10)19-11-4-5-12-13(6-11)21-8-17-12/h4-8,10H,2-3H2,1H3,(H2,16,18,19,20). The fourth-order valence-electron chi connectivity index (χ4n) is 2.13. The number of nitrogens with zero attached hydrogens (tertiary/aromatic N) is 3. The van der Waals surface area contributed by atoms with Gasteiger partial charge in [-0.15, -0.1) is 0 Å². The molecule has 0 bridgehead atoms. The highest BCUT2D eigenvalue weighted by atomic mass is 16.3. The third kappa shape index (κ3) is 2.52. The van der Waals surface area contributed by atoms with Crippen LogP contribution in [0.3, 0.4) is 0 Å². The van der Waals surface area contributed by atoms with Crippen LogP contribution in [0.4, 0.5) is 17.5 Å². The van der Waals surface area contributed by atoms with Crippen molar-refractivity contribution < 1.29 is 4.42 Å². The smallest absolute Gasteiger partial charge is 0.229 e. The van der Waals surface area contributed by atoms with E-state index in [0.29, 0.717) is 12.0 Å². The van der Waals surface area contributed by atoms with Gasteiger partial charge in [0.2, 0.25) is 5.95 Å². The lowest BCUT2D eigenvalue weighted by Crippen LogP contribution is -2.07. The maximum Gasteiger partial charge on any atom is 0.229 e. The molecule has 106 valence electrons. The Bertz CT molecular complexity index is 794. The zero-order valence-corrected chi connectivity index (χ0v) is 11.6. The van der Waals surface area contributed by atoms with Crippen molar-refractivity contribution in [3.05, 3.63) is 36.4 Å². The lowest BCUT2D eigenvalue weighted by molar-refractivity contribution is 0.602. The molecule has 1 aromatic carbocycles. The van der Waals surface area contributed by atoms with E-state index < -0.39 is 0 Å². The number of oxazole rings is 1. The van der Waals surface area contributed by atoms with Crippen LogP contribution in [-0.2, 0) is 0 Å². The normalized spacial score (nSPS) is 14.3. The molecule has 21 heavy (non-hydrogen) atoms. The Kier molecular flexibility index (Phi) is 2.73. The van der Waals surface area contributed by atoms with Crippen LogP contribution < -0.4 is 10.6 Å². The summed E-state index contributed by atoms with van der Waals surface area (Å²) in [6.45, 7) is 2.01. The Labute approximate surface area is 121 Å². The molecule has 3 aromatic rings. The quantitative estimate of drug-likeness (QED) is 0.764. The minimum Gasteiger partial charge on any atom is -0.443 e. The molecule has 1 fully saturated rings.